The first-order valence-electron chi connectivity index (χ1n) is 7.27. The summed E-state index contributed by atoms with van der Waals surface area (Å²) >= 11 is 0. The van der Waals surface area contributed by atoms with Crippen LogP contribution in [0.25, 0.3) is 11.5 Å². The zero-order chi connectivity index (χ0) is 17.8. The second-order valence-electron chi connectivity index (χ2n) is 5.05. The Balaban J connectivity index is 1.68. The molecule has 0 aliphatic carbocycles. The number of esters is 1. The SMILES string of the molecule is COC(=O)c1ccc(NCc2nnc(-c3ccc(F)cc3)o2)c(F)c1. The Hall–Kier alpha value is -3.29. The van der Waals surface area contributed by atoms with Crippen LogP contribution in [-0.4, -0.2) is 23.3 Å². The molecule has 6 nitrogen and oxygen atoms in total. The molecule has 0 atom stereocenters. The maximum Gasteiger partial charge on any atom is 0.337 e. The van der Waals surface area contributed by atoms with Crippen LogP contribution < -0.4 is 5.32 Å². The van der Waals surface area contributed by atoms with Crippen molar-refractivity contribution in [2.24, 2.45) is 0 Å². The molecule has 0 fully saturated rings. The van der Waals surface area contributed by atoms with E-state index in [-0.39, 0.29) is 35.4 Å². The van der Waals surface area contributed by atoms with E-state index in [1.54, 1.807) is 0 Å². The summed E-state index contributed by atoms with van der Waals surface area (Å²) in [5, 5.41) is 10.5. The Kier molecular flexibility index (Phi) is 4.69. The number of hydrogen-bond acceptors (Lipinski definition) is 6. The predicted molar refractivity (Wildman–Crippen MR) is 84.8 cm³/mol. The maximum atomic E-state index is 14.0. The van der Waals surface area contributed by atoms with Gasteiger partial charge in [-0.25, -0.2) is 13.6 Å². The van der Waals surface area contributed by atoms with Crippen molar-refractivity contribution < 1.29 is 22.7 Å². The molecular formula is C17H13F2N3O3. The van der Waals surface area contributed by atoms with E-state index < -0.39 is 11.8 Å². The van der Waals surface area contributed by atoms with Crippen LogP contribution >= 0.6 is 0 Å². The molecule has 0 unspecified atom stereocenters. The van der Waals surface area contributed by atoms with E-state index in [1.807, 2.05) is 0 Å². The number of halogens is 2. The van der Waals surface area contributed by atoms with Crippen LogP contribution in [0.5, 0.6) is 0 Å². The number of aromatic nitrogens is 2. The Labute approximate surface area is 141 Å². The van der Waals surface area contributed by atoms with Crippen molar-refractivity contribution in [1.29, 1.82) is 0 Å². The topological polar surface area (TPSA) is 77.2 Å². The predicted octanol–water partition coefficient (Wildman–Crippen LogP) is 3.41. The fraction of sp³-hybridized carbons (Fsp3) is 0.118. The van der Waals surface area contributed by atoms with Gasteiger partial charge in [0.1, 0.15) is 11.6 Å². The van der Waals surface area contributed by atoms with Gasteiger partial charge >= 0.3 is 5.97 Å². The Bertz CT molecular complexity index is 894. The average molecular weight is 345 g/mol. The molecular weight excluding hydrogens is 332 g/mol. The molecule has 1 aromatic heterocycles. The van der Waals surface area contributed by atoms with Crippen LogP contribution in [0, 0.1) is 11.6 Å². The first-order chi connectivity index (χ1) is 12.1. The number of nitrogens with one attached hydrogen (secondary N) is 1. The van der Waals surface area contributed by atoms with Gasteiger partial charge in [-0.05, 0) is 42.5 Å². The lowest BCUT2D eigenvalue weighted by Crippen LogP contribution is -2.05. The van der Waals surface area contributed by atoms with Crippen molar-refractivity contribution in [1.82, 2.24) is 10.2 Å². The van der Waals surface area contributed by atoms with Gasteiger partial charge in [-0.3, -0.25) is 0 Å². The third kappa shape index (κ3) is 3.79. The monoisotopic (exact) mass is 345 g/mol. The zero-order valence-corrected chi connectivity index (χ0v) is 13.1. The van der Waals surface area contributed by atoms with Gasteiger partial charge in [0, 0.05) is 5.56 Å². The molecule has 0 amide bonds. The molecule has 0 bridgehead atoms. The summed E-state index contributed by atoms with van der Waals surface area (Å²) in [7, 11) is 1.22. The largest absolute Gasteiger partial charge is 0.465 e. The quantitative estimate of drug-likeness (QED) is 0.714. The molecule has 2 aromatic carbocycles. The van der Waals surface area contributed by atoms with E-state index in [4.69, 9.17) is 4.42 Å². The Morgan fingerprint density at radius 1 is 1.16 bits per heavy atom. The fourth-order valence-corrected chi connectivity index (χ4v) is 2.11. The van der Waals surface area contributed by atoms with Gasteiger partial charge in [0.2, 0.25) is 11.8 Å². The van der Waals surface area contributed by atoms with Crippen LogP contribution in [0.2, 0.25) is 0 Å². The van der Waals surface area contributed by atoms with Crippen LogP contribution in [-0.2, 0) is 11.3 Å². The van der Waals surface area contributed by atoms with E-state index >= 15 is 0 Å². The molecule has 3 rings (SSSR count). The summed E-state index contributed by atoms with van der Waals surface area (Å²) in [6.45, 7) is 0.0860. The zero-order valence-electron chi connectivity index (χ0n) is 13.1. The standard InChI is InChI=1S/C17H13F2N3O3/c1-24-17(23)11-4-7-14(13(19)8-11)20-9-15-21-22-16(25-15)10-2-5-12(18)6-3-10/h2-8,20H,9H2,1H3. The molecule has 25 heavy (non-hydrogen) atoms. The van der Waals surface area contributed by atoms with E-state index in [2.05, 4.69) is 20.3 Å². The first-order valence-corrected chi connectivity index (χ1v) is 7.27. The Morgan fingerprint density at radius 3 is 2.60 bits per heavy atom. The second-order valence-corrected chi connectivity index (χ2v) is 5.05. The van der Waals surface area contributed by atoms with Gasteiger partial charge in [0.25, 0.3) is 0 Å². The van der Waals surface area contributed by atoms with Crippen molar-refractivity contribution in [3.05, 3.63) is 65.6 Å². The third-order valence-corrected chi connectivity index (χ3v) is 3.38. The van der Waals surface area contributed by atoms with Crippen LogP contribution in [0.1, 0.15) is 16.2 Å². The summed E-state index contributed by atoms with van der Waals surface area (Å²) in [5.74, 6) is -1.13. The lowest BCUT2D eigenvalue weighted by atomic mass is 10.2. The highest BCUT2D eigenvalue weighted by atomic mass is 19.1. The van der Waals surface area contributed by atoms with Crippen molar-refractivity contribution in [3.63, 3.8) is 0 Å². The third-order valence-electron chi connectivity index (χ3n) is 3.38. The maximum absolute atomic E-state index is 14.0. The highest BCUT2D eigenvalue weighted by molar-refractivity contribution is 5.89. The molecule has 1 heterocycles. The van der Waals surface area contributed by atoms with E-state index in [9.17, 15) is 13.6 Å². The van der Waals surface area contributed by atoms with Gasteiger partial charge in [-0.1, -0.05) is 0 Å². The number of benzene rings is 2. The minimum atomic E-state index is -0.619. The molecule has 0 saturated carbocycles. The number of rotatable bonds is 5. The fourth-order valence-electron chi connectivity index (χ4n) is 2.11. The highest BCUT2D eigenvalue weighted by Gasteiger charge is 2.12. The first kappa shape index (κ1) is 16.6. The van der Waals surface area contributed by atoms with Gasteiger partial charge < -0.3 is 14.5 Å². The molecule has 3 aromatic rings. The minimum absolute atomic E-state index is 0.0860. The summed E-state index contributed by atoms with van der Waals surface area (Å²) in [6, 6.07) is 9.54. The second kappa shape index (κ2) is 7.08. The van der Waals surface area contributed by atoms with Gasteiger partial charge in [0.05, 0.1) is 24.9 Å². The lowest BCUT2D eigenvalue weighted by molar-refractivity contribution is 0.0600. The van der Waals surface area contributed by atoms with Crippen LogP contribution in [0.15, 0.2) is 46.9 Å². The molecule has 0 spiro atoms. The van der Waals surface area contributed by atoms with Gasteiger partial charge in [0.15, 0.2) is 0 Å². The van der Waals surface area contributed by atoms with E-state index in [0.29, 0.717) is 5.56 Å². The number of anilines is 1. The molecule has 0 aliphatic heterocycles. The van der Waals surface area contributed by atoms with E-state index in [1.165, 1.54) is 43.5 Å². The Morgan fingerprint density at radius 2 is 1.92 bits per heavy atom. The number of nitrogens with zero attached hydrogens (tertiary/aromatic N) is 2. The molecule has 8 heteroatoms. The normalized spacial score (nSPS) is 10.5. The highest BCUT2D eigenvalue weighted by Crippen LogP contribution is 2.20. The number of carbonyl (C=O) groups is 1. The van der Waals surface area contributed by atoms with Gasteiger partial charge in [-0.15, -0.1) is 10.2 Å². The molecule has 0 aliphatic rings. The van der Waals surface area contributed by atoms with Crippen molar-refractivity contribution in [2.45, 2.75) is 6.54 Å². The van der Waals surface area contributed by atoms with Crippen molar-refractivity contribution in [3.8, 4) is 11.5 Å². The molecule has 1 N–H and O–H groups in total. The summed E-state index contributed by atoms with van der Waals surface area (Å²) in [4.78, 5) is 11.3. The minimum Gasteiger partial charge on any atom is -0.465 e. The van der Waals surface area contributed by atoms with Crippen molar-refractivity contribution in [2.75, 3.05) is 12.4 Å². The smallest absolute Gasteiger partial charge is 0.337 e. The summed E-state index contributed by atoms with van der Waals surface area (Å²) < 4.78 is 36.9. The average Bonchev–Trinajstić information content (AvgIpc) is 3.09. The lowest BCUT2D eigenvalue weighted by Gasteiger charge is -2.06. The molecule has 0 saturated heterocycles. The molecule has 128 valence electrons. The van der Waals surface area contributed by atoms with Crippen LogP contribution in [0.3, 0.4) is 0 Å². The number of carbonyl (C=O) groups excluding carboxylic acids is 1. The number of ether oxygens (including phenoxy) is 1. The number of methoxy groups -OCH3 is 1. The summed E-state index contributed by atoms with van der Waals surface area (Å²) in [6.07, 6.45) is 0. The van der Waals surface area contributed by atoms with Crippen molar-refractivity contribution >= 4 is 11.7 Å². The number of hydrogen-bond donors (Lipinski definition) is 1. The van der Waals surface area contributed by atoms with Gasteiger partial charge in [-0.2, -0.15) is 0 Å². The summed E-state index contributed by atoms with van der Waals surface area (Å²) in [5.41, 5.74) is 0.866. The van der Waals surface area contributed by atoms with Crippen LogP contribution in [0.4, 0.5) is 14.5 Å². The van der Waals surface area contributed by atoms with E-state index in [0.717, 1.165) is 6.07 Å². The molecule has 0 radical (unpaired) electrons.